The molecule has 0 aromatic rings. The van der Waals surface area contributed by atoms with Gasteiger partial charge in [-0.15, -0.1) is 0 Å². The summed E-state index contributed by atoms with van der Waals surface area (Å²) in [4.78, 5) is 13.9. The van der Waals surface area contributed by atoms with Gasteiger partial charge in [-0.25, -0.2) is 4.79 Å². The Morgan fingerprint density at radius 1 is 1.44 bits per heavy atom. The van der Waals surface area contributed by atoms with Crippen LogP contribution in [0.4, 0.5) is 4.79 Å². The van der Waals surface area contributed by atoms with E-state index < -0.39 is 5.60 Å². The lowest BCUT2D eigenvalue weighted by Crippen LogP contribution is -2.46. The van der Waals surface area contributed by atoms with Crippen molar-refractivity contribution in [3.05, 3.63) is 0 Å². The fraction of sp³-hybridized carbons (Fsp3) is 0.917. The highest BCUT2D eigenvalue weighted by atomic mass is 16.6. The molecule has 1 N–H and O–H groups in total. The van der Waals surface area contributed by atoms with E-state index in [0.29, 0.717) is 0 Å². The molecule has 4 nitrogen and oxygen atoms in total. The molecule has 0 aromatic heterocycles. The summed E-state index contributed by atoms with van der Waals surface area (Å²) in [5, 5.41) is 2.95. The van der Waals surface area contributed by atoms with Crippen molar-refractivity contribution in [2.45, 2.75) is 46.3 Å². The van der Waals surface area contributed by atoms with E-state index in [0.717, 1.165) is 13.1 Å². The highest BCUT2D eigenvalue weighted by Gasteiger charge is 2.39. The zero-order valence-corrected chi connectivity index (χ0v) is 11.3. The van der Waals surface area contributed by atoms with E-state index in [9.17, 15) is 4.79 Å². The van der Waals surface area contributed by atoms with Crippen molar-refractivity contribution < 1.29 is 9.53 Å². The summed E-state index contributed by atoms with van der Waals surface area (Å²) < 4.78 is 5.26. The average molecular weight is 228 g/mol. The maximum absolute atomic E-state index is 11.7. The molecule has 1 rings (SSSR count). The molecule has 1 fully saturated rings. The number of amides is 1. The summed E-state index contributed by atoms with van der Waals surface area (Å²) in [6.45, 7) is 11.8. The molecule has 4 heteroatoms. The van der Waals surface area contributed by atoms with Crippen LogP contribution in [0.25, 0.3) is 0 Å². The molecule has 1 aliphatic heterocycles. The lowest BCUT2D eigenvalue weighted by molar-refractivity contribution is 0.0480. The molecule has 0 unspecified atom stereocenters. The SMILES string of the molecule is CN1C[C@H](NC(=O)OC(C)(C)C)C(C)(C)C1. The Hall–Kier alpha value is -0.770. The number of likely N-dealkylation sites (N-methyl/N-ethyl adjacent to an activating group) is 1. The van der Waals surface area contributed by atoms with Crippen molar-refractivity contribution in [3.8, 4) is 0 Å². The second kappa shape index (κ2) is 4.24. The lowest BCUT2D eigenvalue weighted by atomic mass is 9.88. The largest absolute Gasteiger partial charge is 0.444 e. The van der Waals surface area contributed by atoms with Crippen LogP contribution in [0.15, 0.2) is 0 Å². The summed E-state index contributed by atoms with van der Waals surface area (Å²) in [5.74, 6) is 0. The monoisotopic (exact) mass is 228 g/mol. The molecule has 0 aromatic carbocycles. The van der Waals surface area contributed by atoms with Gasteiger partial charge in [0.2, 0.25) is 0 Å². The maximum atomic E-state index is 11.7. The van der Waals surface area contributed by atoms with Gasteiger partial charge in [-0.1, -0.05) is 13.8 Å². The molecule has 0 aliphatic carbocycles. The van der Waals surface area contributed by atoms with Crippen LogP contribution in [-0.2, 0) is 4.74 Å². The minimum atomic E-state index is -0.432. The fourth-order valence-corrected chi connectivity index (χ4v) is 2.12. The van der Waals surface area contributed by atoms with Crippen LogP contribution in [0.1, 0.15) is 34.6 Å². The minimum Gasteiger partial charge on any atom is -0.444 e. The van der Waals surface area contributed by atoms with Gasteiger partial charge in [-0.3, -0.25) is 0 Å². The number of ether oxygens (including phenoxy) is 1. The molecule has 1 heterocycles. The van der Waals surface area contributed by atoms with Crippen LogP contribution in [0.2, 0.25) is 0 Å². The molecule has 94 valence electrons. The van der Waals surface area contributed by atoms with Crippen LogP contribution >= 0.6 is 0 Å². The predicted molar refractivity (Wildman–Crippen MR) is 64.4 cm³/mol. The molecule has 0 spiro atoms. The second-order valence-corrected chi connectivity index (χ2v) is 6.38. The van der Waals surface area contributed by atoms with E-state index in [1.165, 1.54) is 0 Å². The Bertz CT molecular complexity index is 269. The molecule has 0 saturated carbocycles. The van der Waals surface area contributed by atoms with Crippen LogP contribution in [-0.4, -0.2) is 42.8 Å². The molecule has 0 radical (unpaired) electrons. The first-order valence-electron chi connectivity index (χ1n) is 5.78. The summed E-state index contributed by atoms with van der Waals surface area (Å²) in [5.41, 5.74) is -0.329. The number of likely N-dealkylation sites (tertiary alicyclic amines) is 1. The van der Waals surface area contributed by atoms with E-state index in [1.807, 2.05) is 20.8 Å². The first-order valence-corrected chi connectivity index (χ1v) is 5.78. The van der Waals surface area contributed by atoms with Gasteiger partial charge in [0, 0.05) is 13.1 Å². The smallest absolute Gasteiger partial charge is 0.407 e. The second-order valence-electron chi connectivity index (χ2n) is 6.38. The number of hydrogen-bond donors (Lipinski definition) is 1. The number of hydrogen-bond acceptors (Lipinski definition) is 3. The Labute approximate surface area is 98.3 Å². The standard InChI is InChI=1S/C12H24N2O2/c1-11(2,3)16-10(15)13-9-7-14(6)8-12(9,4)5/h9H,7-8H2,1-6H3,(H,13,15)/t9-/m0/s1. The van der Waals surface area contributed by atoms with Crippen molar-refractivity contribution in [3.63, 3.8) is 0 Å². The van der Waals surface area contributed by atoms with Gasteiger partial charge in [-0.2, -0.15) is 0 Å². The third-order valence-corrected chi connectivity index (χ3v) is 2.81. The van der Waals surface area contributed by atoms with Gasteiger partial charge < -0.3 is 15.0 Å². The topological polar surface area (TPSA) is 41.6 Å². The van der Waals surface area contributed by atoms with E-state index >= 15 is 0 Å². The normalized spacial score (nSPS) is 25.5. The molecule has 16 heavy (non-hydrogen) atoms. The summed E-state index contributed by atoms with van der Waals surface area (Å²) in [7, 11) is 2.07. The Morgan fingerprint density at radius 2 is 2.00 bits per heavy atom. The lowest BCUT2D eigenvalue weighted by Gasteiger charge is -2.28. The van der Waals surface area contributed by atoms with Crippen molar-refractivity contribution in [2.75, 3.05) is 20.1 Å². The number of carbonyl (C=O) groups excluding carboxylic acids is 1. The number of alkyl carbamates (subject to hydrolysis) is 1. The predicted octanol–water partition coefficient (Wildman–Crippen LogP) is 1.85. The average Bonchev–Trinajstić information content (AvgIpc) is 2.19. The van der Waals surface area contributed by atoms with Gasteiger partial charge in [0.1, 0.15) is 5.60 Å². The number of rotatable bonds is 1. The minimum absolute atomic E-state index is 0.103. The van der Waals surface area contributed by atoms with Crippen molar-refractivity contribution in [1.82, 2.24) is 10.2 Å². The Balaban J connectivity index is 2.52. The summed E-state index contributed by atoms with van der Waals surface area (Å²) in [6.07, 6.45) is -0.319. The van der Waals surface area contributed by atoms with E-state index in [1.54, 1.807) is 0 Å². The highest BCUT2D eigenvalue weighted by molar-refractivity contribution is 5.68. The molecule has 1 aliphatic rings. The van der Waals surface area contributed by atoms with Gasteiger partial charge in [0.15, 0.2) is 0 Å². The van der Waals surface area contributed by atoms with E-state index in [2.05, 4.69) is 31.1 Å². The number of nitrogens with zero attached hydrogens (tertiary/aromatic N) is 1. The molecule has 1 amide bonds. The Kier molecular flexibility index (Phi) is 3.53. The first-order chi connectivity index (χ1) is 7.10. The van der Waals surface area contributed by atoms with Crippen molar-refractivity contribution in [2.24, 2.45) is 5.41 Å². The highest BCUT2D eigenvalue weighted by Crippen LogP contribution is 2.28. The first kappa shape index (κ1) is 13.3. The van der Waals surface area contributed by atoms with Gasteiger partial charge in [0.05, 0.1) is 6.04 Å². The molecule has 1 saturated heterocycles. The van der Waals surface area contributed by atoms with Gasteiger partial charge in [0.25, 0.3) is 0 Å². The summed E-state index contributed by atoms with van der Waals surface area (Å²) >= 11 is 0. The van der Waals surface area contributed by atoms with Gasteiger partial charge >= 0.3 is 6.09 Å². The maximum Gasteiger partial charge on any atom is 0.407 e. The third kappa shape index (κ3) is 3.67. The zero-order valence-electron chi connectivity index (χ0n) is 11.3. The molecule has 0 bridgehead atoms. The molecular formula is C12H24N2O2. The molecule has 1 atom stereocenters. The van der Waals surface area contributed by atoms with Crippen molar-refractivity contribution >= 4 is 6.09 Å². The van der Waals surface area contributed by atoms with Crippen LogP contribution in [0.5, 0.6) is 0 Å². The fourth-order valence-electron chi connectivity index (χ4n) is 2.12. The number of nitrogens with one attached hydrogen (secondary N) is 1. The van der Waals surface area contributed by atoms with E-state index in [-0.39, 0.29) is 17.6 Å². The molecular weight excluding hydrogens is 204 g/mol. The van der Waals surface area contributed by atoms with Crippen LogP contribution in [0, 0.1) is 5.41 Å². The third-order valence-electron chi connectivity index (χ3n) is 2.81. The number of carbonyl (C=O) groups is 1. The zero-order chi connectivity index (χ0) is 12.6. The Morgan fingerprint density at radius 3 is 2.38 bits per heavy atom. The quantitative estimate of drug-likeness (QED) is 0.744. The van der Waals surface area contributed by atoms with Crippen molar-refractivity contribution in [1.29, 1.82) is 0 Å². The van der Waals surface area contributed by atoms with Crippen LogP contribution < -0.4 is 5.32 Å². The van der Waals surface area contributed by atoms with E-state index in [4.69, 9.17) is 4.74 Å². The van der Waals surface area contributed by atoms with Crippen LogP contribution in [0.3, 0.4) is 0 Å². The summed E-state index contributed by atoms with van der Waals surface area (Å²) in [6, 6.07) is 0.160. The van der Waals surface area contributed by atoms with Gasteiger partial charge in [-0.05, 0) is 33.2 Å².